The van der Waals surface area contributed by atoms with Crippen LogP contribution in [0, 0.1) is 6.07 Å². The van der Waals surface area contributed by atoms with E-state index >= 15 is 0 Å². The van der Waals surface area contributed by atoms with Crippen LogP contribution < -0.4 is 0 Å². The zero-order valence-electron chi connectivity index (χ0n) is 5.10. The fourth-order valence-electron chi connectivity index (χ4n) is 0.892. The van der Waals surface area contributed by atoms with Gasteiger partial charge in [0.25, 0.3) is 0 Å². The molecule has 1 radical (unpaired) electrons. The summed E-state index contributed by atoms with van der Waals surface area (Å²) in [6.45, 7) is 0. The van der Waals surface area contributed by atoms with E-state index in [0.717, 1.165) is 4.34 Å². The maximum Gasteiger partial charge on any atom is 0.0940 e. The van der Waals surface area contributed by atoms with Gasteiger partial charge < -0.3 is 0 Å². The molecule has 0 atom stereocenters. The lowest BCUT2D eigenvalue weighted by Crippen LogP contribution is -1.57. The first-order valence-corrected chi connectivity index (χ1v) is 4.11. The van der Waals surface area contributed by atoms with Crippen molar-refractivity contribution in [3.05, 3.63) is 34.7 Å². The van der Waals surface area contributed by atoms with Crippen LogP contribution in [0.5, 0.6) is 0 Å². The van der Waals surface area contributed by atoms with Crippen LogP contribution in [-0.4, -0.2) is 0 Å². The standard InChI is InChI=1S/C8H4ClS/c9-8-5-6-3-1-2-4-7(6)10-8/h1,3-5H. The van der Waals surface area contributed by atoms with Gasteiger partial charge in [0, 0.05) is 4.70 Å². The van der Waals surface area contributed by atoms with Crippen molar-refractivity contribution in [3.8, 4) is 0 Å². The van der Waals surface area contributed by atoms with E-state index in [1.807, 2.05) is 24.3 Å². The smallest absolute Gasteiger partial charge is 0.0940 e. The average molecular weight is 168 g/mol. The van der Waals surface area contributed by atoms with Crippen LogP contribution in [0.15, 0.2) is 24.3 Å². The van der Waals surface area contributed by atoms with Crippen molar-refractivity contribution in [2.75, 3.05) is 0 Å². The minimum absolute atomic E-state index is 0.842. The molecule has 0 spiro atoms. The van der Waals surface area contributed by atoms with Crippen molar-refractivity contribution >= 4 is 33.0 Å². The second-order valence-electron chi connectivity index (χ2n) is 2.01. The van der Waals surface area contributed by atoms with Gasteiger partial charge in [0.2, 0.25) is 0 Å². The Morgan fingerprint density at radius 2 is 2.40 bits per heavy atom. The van der Waals surface area contributed by atoms with Crippen LogP contribution in [0.4, 0.5) is 0 Å². The summed E-state index contributed by atoms with van der Waals surface area (Å²) in [5, 5.41) is 1.20. The molecule has 1 aromatic heterocycles. The molecule has 0 aliphatic heterocycles. The van der Waals surface area contributed by atoms with Crippen LogP contribution in [-0.2, 0) is 0 Å². The fourth-order valence-corrected chi connectivity index (χ4v) is 2.03. The maximum atomic E-state index is 5.79. The molecule has 49 valence electrons. The predicted molar refractivity (Wildman–Crippen MR) is 45.7 cm³/mol. The Bertz CT molecular complexity index is 318. The van der Waals surface area contributed by atoms with Gasteiger partial charge in [-0.1, -0.05) is 23.7 Å². The normalized spacial score (nSPS) is 10.5. The number of halogens is 1. The molecule has 2 rings (SSSR count). The van der Waals surface area contributed by atoms with E-state index in [4.69, 9.17) is 11.6 Å². The summed E-state index contributed by atoms with van der Waals surface area (Å²) in [5.41, 5.74) is 0. The molecule has 0 amide bonds. The highest BCUT2D eigenvalue weighted by Gasteiger charge is 1.95. The number of thiophene rings is 1. The van der Waals surface area contributed by atoms with Gasteiger partial charge in [-0.15, -0.1) is 11.3 Å². The van der Waals surface area contributed by atoms with Gasteiger partial charge in [-0.05, 0) is 23.6 Å². The Balaban J connectivity index is 2.88. The second kappa shape index (κ2) is 2.26. The number of rotatable bonds is 0. The van der Waals surface area contributed by atoms with Crippen LogP contribution in [0.3, 0.4) is 0 Å². The second-order valence-corrected chi connectivity index (χ2v) is 3.73. The number of benzene rings is 1. The fraction of sp³-hybridized carbons (Fsp3) is 0. The van der Waals surface area contributed by atoms with Crippen LogP contribution in [0.2, 0.25) is 4.34 Å². The van der Waals surface area contributed by atoms with Crippen molar-refractivity contribution in [2.45, 2.75) is 0 Å². The summed E-state index contributed by atoms with van der Waals surface area (Å²) in [4.78, 5) is 0. The van der Waals surface area contributed by atoms with E-state index in [-0.39, 0.29) is 0 Å². The molecule has 0 nitrogen and oxygen atoms in total. The van der Waals surface area contributed by atoms with Gasteiger partial charge in [0.1, 0.15) is 0 Å². The van der Waals surface area contributed by atoms with E-state index in [2.05, 4.69) is 6.07 Å². The topological polar surface area (TPSA) is 0 Å². The molecule has 0 saturated carbocycles. The van der Waals surface area contributed by atoms with Gasteiger partial charge in [0.15, 0.2) is 0 Å². The van der Waals surface area contributed by atoms with Crippen molar-refractivity contribution in [3.63, 3.8) is 0 Å². The van der Waals surface area contributed by atoms with Crippen molar-refractivity contribution < 1.29 is 0 Å². The summed E-state index contributed by atoms with van der Waals surface area (Å²) in [6, 6.07) is 10.8. The van der Waals surface area contributed by atoms with E-state index < -0.39 is 0 Å². The molecule has 0 saturated heterocycles. The molecule has 1 heterocycles. The highest BCUT2D eigenvalue weighted by Crippen LogP contribution is 2.28. The molecule has 0 unspecified atom stereocenters. The lowest BCUT2D eigenvalue weighted by Gasteiger charge is -1.81. The number of fused-ring (bicyclic) bond motifs is 1. The molecule has 1 aromatic carbocycles. The largest absolute Gasteiger partial charge is 0.123 e. The predicted octanol–water partition coefficient (Wildman–Crippen LogP) is 3.35. The molecule has 0 fully saturated rings. The quantitative estimate of drug-likeness (QED) is 0.565. The van der Waals surface area contributed by atoms with Crippen LogP contribution in [0.1, 0.15) is 0 Å². The molecule has 0 N–H and O–H groups in total. The summed E-state index contributed by atoms with van der Waals surface area (Å²) in [7, 11) is 0. The van der Waals surface area contributed by atoms with Gasteiger partial charge in [0.05, 0.1) is 4.34 Å². The highest BCUT2D eigenvalue weighted by molar-refractivity contribution is 7.22. The SMILES string of the molecule is Clc1cc2cc[c]cc2s1. The zero-order valence-corrected chi connectivity index (χ0v) is 6.67. The van der Waals surface area contributed by atoms with Crippen molar-refractivity contribution in [2.24, 2.45) is 0 Å². The third kappa shape index (κ3) is 0.917. The minimum atomic E-state index is 0.842. The summed E-state index contributed by atoms with van der Waals surface area (Å²) < 4.78 is 2.04. The summed E-state index contributed by atoms with van der Waals surface area (Å²) in [6.07, 6.45) is 0. The monoisotopic (exact) mass is 167 g/mol. The third-order valence-electron chi connectivity index (χ3n) is 1.33. The Kier molecular flexibility index (Phi) is 1.40. The van der Waals surface area contributed by atoms with Gasteiger partial charge in [-0.3, -0.25) is 0 Å². The Morgan fingerprint density at radius 1 is 1.50 bits per heavy atom. The average Bonchev–Trinajstić information content (AvgIpc) is 2.27. The molecular weight excluding hydrogens is 164 g/mol. The molecular formula is C8H4ClS. The van der Waals surface area contributed by atoms with E-state index in [9.17, 15) is 0 Å². The molecule has 0 aliphatic rings. The first kappa shape index (κ1) is 6.20. The van der Waals surface area contributed by atoms with Gasteiger partial charge in [-0.2, -0.15) is 0 Å². The first-order chi connectivity index (χ1) is 4.86. The lowest BCUT2D eigenvalue weighted by atomic mass is 10.3. The van der Waals surface area contributed by atoms with E-state index in [1.54, 1.807) is 11.3 Å². The Morgan fingerprint density at radius 3 is 3.20 bits per heavy atom. The molecule has 10 heavy (non-hydrogen) atoms. The Hall–Kier alpha value is -0.530. The first-order valence-electron chi connectivity index (χ1n) is 2.91. The van der Waals surface area contributed by atoms with Crippen LogP contribution in [0.25, 0.3) is 10.1 Å². The number of hydrogen-bond acceptors (Lipinski definition) is 1. The van der Waals surface area contributed by atoms with E-state index in [1.165, 1.54) is 10.1 Å². The third-order valence-corrected chi connectivity index (χ3v) is 2.56. The Labute approximate surface area is 68.1 Å². The van der Waals surface area contributed by atoms with Crippen molar-refractivity contribution in [1.82, 2.24) is 0 Å². The summed E-state index contributed by atoms with van der Waals surface area (Å²) in [5.74, 6) is 0. The zero-order chi connectivity index (χ0) is 6.97. The minimum Gasteiger partial charge on any atom is -0.123 e. The number of hydrogen-bond donors (Lipinski definition) is 0. The molecule has 0 aliphatic carbocycles. The molecule has 0 bridgehead atoms. The lowest BCUT2D eigenvalue weighted by molar-refractivity contribution is 1.83. The molecule has 2 heteroatoms. The van der Waals surface area contributed by atoms with Crippen LogP contribution >= 0.6 is 22.9 Å². The van der Waals surface area contributed by atoms with Gasteiger partial charge in [-0.25, -0.2) is 0 Å². The maximum absolute atomic E-state index is 5.79. The van der Waals surface area contributed by atoms with Crippen molar-refractivity contribution in [1.29, 1.82) is 0 Å². The molecule has 2 aromatic rings. The highest BCUT2D eigenvalue weighted by atomic mass is 35.5. The van der Waals surface area contributed by atoms with E-state index in [0.29, 0.717) is 0 Å². The summed E-state index contributed by atoms with van der Waals surface area (Å²) >= 11 is 7.37. The van der Waals surface area contributed by atoms with Gasteiger partial charge >= 0.3 is 0 Å².